The molecule has 0 N–H and O–H groups in total. The first-order valence-corrected chi connectivity index (χ1v) is 9.02. The summed E-state index contributed by atoms with van der Waals surface area (Å²) in [5, 5.41) is 0. The summed E-state index contributed by atoms with van der Waals surface area (Å²) in [6, 6.07) is 16.3. The summed E-state index contributed by atoms with van der Waals surface area (Å²) in [5.74, 6) is 0. The van der Waals surface area contributed by atoms with Crippen LogP contribution in [-0.4, -0.2) is 26.2 Å². The summed E-state index contributed by atoms with van der Waals surface area (Å²) in [4.78, 5) is 28.9. The Balaban J connectivity index is 1.58. The van der Waals surface area contributed by atoms with Gasteiger partial charge in [0, 0.05) is 31.9 Å². The third-order valence-electron chi connectivity index (χ3n) is 5.40. The summed E-state index contributed by atoms with van der Waals surface area (Å²) < 4.78 is 0. The first kappa shape index (κ1) is 16.6. The minimum absolute atomic E-state index is 0.341. The van der Waals surface area contributed by atoms with E-state index in [1.54, 1.807) is 0 Å². The number of nitrogens with zero attached hydrogens (tertiary/aromatic N) is 2. The molecule has 1 fully saturated rings. The standard InChI is InChI=1S/C22H22N2O2/c1-15-8-9-17(14-16(15)2)19-20(22(26)21(19)25)24-12-10-23(11-13-24)18-6-4-3-5-7-18/h3-9,14H,10-13H2,1-2H3. The van der Waals surface area contributed by atoms with Gasteiger partial charge < -0.3 is 9.80 Å². The highest BCUT2D eigenvalue weighted by Crippen LogP contribution is 2.29. The highest BCUT2D eigenvalue weighted by atomic mass is 16.2. The van der Waals surface area contributed by atoms with Gasteiger partial charge in [-0.1, -0.05) is 36.4 Å². The molecule has 132 valence electrons. The Hall–Kier alpha value is -2.88. The molecule has 1 aliphatic heterocycles. The van der Waals surface area contributed by atoms with Crippen LogP contribution in [0.25, 0.3) is 11.1 Å². The topological polar surface area (TPSA) is 40.6 Å². The maximum absolute atomic E-state index is 12.3. The van der Waals surface area contributed by atoms with Crippen LogP contribution in [0.3, 0.4) is 0 Å². The zero-order chi connectivity index (χ0) is 18.3. The Morgan fingerprint density at radius 2 is 1.38 bits per heavy atom. The van der Waals surface area contributed by atoms with Crippen LogP contribution in [0, 0.1) is 13.8 Å². The normalized spacial score (nSPS) is 14.8. The van der Waals surface area contributed by atoms with E-state index in [-0.39, 0.29) is 10.9 Å². The monoisotopic (exact) mass is 346 g/mol. The van der Waals surface area contributed by atoms with Gasteiger partial charge in [0.25, 0.3) is 0 Å². The average Bonchev–Trinajstić information content (AvgIpc) is 2.68. The predicted octanol–water partition coefficient (Wildman–Crippen LogP) is 2.89. The number of hydrogen-bond acceptors (Lipinski definition) is 4. The SMILES string of the molecule is Cc1ccc(-c2c(N3CCN(c4ccccc4)CC3)c(=O)c2=O)cc1C. The highest BCUT2D eigenvalue weighted by Gasteiger charge is 2.29. The van der Waals surface area contributed by atoms with Crippen LogP contribution in [0.5, 0.6) is 0 Å². The molecule has 0 bridgehead atoms. The van der Waals surface area contributed by atoms with Crippen molar-refractivity contribution in [2.45, 2.75) is 13.8 Å². The molecule has 0 atom stereocenters. The molecule has 0 radical (unpaired) electrons. The van der Waals surface area contributed by atoms with Crippen LogP contribution in [0.2, 0.25) is 0 Å². The molecule has 0 aromatic heterocycles. The van der Waals surface area contributed by atoms with Crippen molar-refractivity contribution in [3.63, 3.8) is 0 Å². The quantitative estimate of drug-likeness (QED) is 0.684. The third-order valence-corrected chi connectivity index (χ3v) is 5.40. The zero-order valence-electron chi connectivity index (χ0n) is 15.2. The lowest BCUT2D eigenvalue weighted by molar-refractivity contribution is 0.651. The molecule has 4 nitrogen and oxygen atoms in total. The van der Waals surface area contributed by atoms with Gasteiger partial charge in [0.1, 0.15) is 5.69 Å². The van der Waals surface area contributed by atoms with E-state index in [4.69, 9.17) is 0 Å². The Morgan fingerprint density at radius 1 is 0.731 bits per heavy atom. The second-order valence-corrected chi connectivity index (χ2v) is 6.99. The van der Waals surface area contributed by atoms with Crippen molar-refractivity contribution in [3.05, 3.63) is 80.1 Å². The van der Waals surface area contributed by atoms with E-state index in [0.717, 1.165) is 37.3 Å². The van der Waals surface area contributed by atoms with E-state index in [2.05, 4.69) is 21.9 Å². The number of para-hydroxylation sites is 1. The van der Waals surface area contributed by atoms with Gasteiger partial charge >= 0.3 is 0 Å². The van der Waals surface area contributed by atoms with Gasteiger partial charge in [-0.2, -0.15) is 0 Å². The van der Waals surface area contributed by atoms with Gasteiger partial charge in [-0.25, -0.2) is 0 Å². The lowest BCUT2D eigenvalue weighted by Gasteiger charge is -2.38. The van der Waals surface area contributed by atoms with Crippen LogP contribution in [0.1, 0.15) is 11.1 Å². The zero-order valence-corrected chi connectivity index (χ0v) is 15.2. The molecular weight excluding hydrogens is 324 g/mol. The molecular formula is C22H22N2O2. The van der Waals surface area contributed by atoms with Crippen LogP contribution >= 0.6 is 0 Å². The summed E-state index contributed by atoms with van der Waals surface area (Å²) in [6.45, 7) is 7.26. The maximum Gasteiger partial charge on any atom is 0.250 e. The summed E-state index contributed by atoms with van der Waals surface area (Å²) in [5.41, 5.74) is 4.88. The maximum atomic E-state index is 12.3. The van der Waals surface area contributed by atoms with Crippen molar-refractivity contribution in [1.29, 1.82) is 0 Å². The fourth-order valence-corrected chi connectivity index (χ4v) is 3.67. The van der Waals surface area contributed by atoms with Gasteiger partial charge in [0.2, 0.25) is 10.9 Å². The van der Waals surface area contributed by atoms with Gasteiger partial charge in [0.15, 0.2) is 0 Å². The van der Waals surface area contributed by atoms with Crippen molar-refractivity contribution >= 4 is 11.4 Å². The Morgan fingerprint density at radius 3 is 2.04 bits per heavy atom. The largest absolute Gasteiger partial charge is 0.368 e. The molecule has 4 rings (SSSR count). The second kappa shape index (κ2) is 6.45. The van der Waals surface area contributed by atoms with Crippen molar-refractivity contribution < 1.29 is 0 Å². The van der Waals surface area contributed by atoms with E-state index in [0.29, 0.717) is 11.3 Å². The summed E-state index contributed by atoms with van der Waals surface area (Å²) >= 11 is 0. The fraction of sp³-hybridized carbons (Fsp3) is 0.273. The summed E-state index contributed by atoms with van der Waals surface area (Å²) in [7, 11) is 0. The molecule has 0 aliphatic carbocycles. The van der Waals surface area contributed by atoms with E-state index >= 15 is 0 Å². The highest BCUT2D eigenvalue weighted by molar-refractivity contribution is 5.83. The Bertz CT molecular complexity index is 1010. The molecule has 3 aromatic carbocycles. The first-order chi connectivity index (χ1) is 12.6. The van der Waals surface area contributed by atoms with E-state index in [1.807, 2.05) is 50.2 Å². The van der Waals surface area contributed by atoms with Crippen LogP contribution in [0.15, 0.2) is 58.1 Å². The molecule has 3 aromatic rings. The lowest BCUT2D eigenvalue weighted by Crippen LogP contribution is -2.51. The minimum atomic E-state index is -0.353. The molecule has 26 heavy (non-hydrogen) atoms. The van der Waals surface area contributed by atoms with Crippen molar-refractivity contribution in [3.8, 4) is 11.1 Å². The van der Waals surface area contributed by atoms with Gasteiger partial charge in [-0.05, 0) is 42.7 Å². The van der Waals surface area contributed by atoms with Gasteiger partial charge in [0.05, 0.1) is 5.56 Å². The lowest BCUT2D eigenvalue weighted by atomic mass is 9.94. The van der Waals surface area contributed by atoms with E-state index in [1.165, 1.54) is 11.3 Å². The van der Waals surface area contributed by atoms with Crippen molar-refractivity contribution in [2.24, 2.45) is 0 Å². The molecule has 1 heterocycles. The molecule has 0 amide bonds. The Labute approximate surface area is 153 Å². The number of anilines is 2. The van der Waals surface area contributed by atoms with Crippen LogP contribution in [0.4, 0.5) is 11.4 Å². The van der Waals surface area contributed by atoms with Crippen LogP contribution in [-0.2, 0) is 0 Å². The summed E-state index contributed by atoms with van der Waals surface area (Å²) in [6.07, 6.45) is 0. The van der Waals surface area contributed by atoms with Gasteiger partial charge in [-0.15, -0.1) is 0 Å². The average molecular weight is 346 g/mol. The molecule has 0 unspecified atom stereocenters. The van der Waals surface area contributed by atoms with E-state index in [9.17, 15) is 9.59 Å². The van der Waals surface area contributed by atoms with Crippen LogP contribution < -0.4 is 20.7 Å². The number of benzene rings is 2. The molecule has 0 saturated carbocycles. The van der Waals surface area contributed by atoms with Gasteiger partial charge in [-0.3, -0.25) is 9.59 Å². The molecule has 1 aliphatic rings. The number of hydrogen-bond donors (Lipinski definition) is 0. The number of aryl methyl sites for hydroxylation is 2. The molecule has 1 saturated heterocycles. The Kier molecular flexibility index (Phi) is 4.11. The van der Waals surface area contributed by atoms with Crippen molar-refractivity contribution in [2.75, 3.05) is 36.0 Å². The smallest absolute Gasteiger partial charge is 0.250 e. The van der Waals surface area contributed by atoms with Crippen molar-refractivity contribution in [1.82, 2.24) is 0 Å². The first-order valence-electron chi connectivity index (χ1n) is 9.02. The molecule has 4 heteroatoms. The predicted molar refractivity (Wildman–Crippen MR) is 107 cm³/mol. The molecule has 0 spiro atoms. The number of piperazine rings is 1. The number of rotatable bonds is 3. The third kappa shape index (κ3) is 2.71. The van der Waals surface area contributed by atoms with E-state index < -0.39 is 0 Å². The minimum Gasteiger partial charge on any atom is -0.368 e. The second-order valence-electron chi connectivity index (χ2n) is 6.99. The fourth-order valence-electron chi connectivity index (χ4n) is 3.67.